The van der Waals surface area contributed by atoms with Gasteiger partial charge >= 0.3 is 11.9 Å². The van der Waals surface area contributed by atoms with E-state index in [2.05, 4.69) is 20.7 Å². The van der Waals surface area contributed by atoms with Crippen molar-refractivity contribution < 1.29 is 19.4 Å². The first-order valence-electron chi connectivity index (χ1n) is 5.93. The van der Waals surface area contributed by atoms with Crippen molar-refractivity contribution >= 4 is 33.6 Å². The molecule has 0 atom stereocenters. The van der Waals surface area contributed by atoms with Crippen LogP contribution < -0.4 is 5.73 Å². The standard InChI is InChI=1S/C14H10BrN3O4/c1-22-14(21)12-11(17)7(5-16)6-18(12)8-2-3-10(15)9(4-8)13(19)20/h2-4,6H,17H2,1H3,(H,19,20). The van der Waals surface area contributed by atoms with Gasteiger partial charge in [-0.3, -0.25) is 0 Å². The average molecular weight is 364 g/mol. The number of aromatic nitrogens is 1. The fraction of sp³-hybridized carbons (Fsp3) is 0.0714. The predicted molar refractivity (Wildman–Crippen MR) is 80.9 cm³/mol. The maximum atomic E-state index is 11.9. The van der Waals surface area contributed by atoms with Crippen molar-refractivity contribution in [1.29, 1.82) is 5.26 Å². The molecule has 22 heavy (non-hydrogen) atoms. The van der Waals surface area contributed by atoms with Crippen LogP contribution in [-0.2, 0) is 4.74 Å². The zero-order valence-corrected chi connectivity index (χ0v) is 12.9. The third-order valence-electron chi connectivity index (χ3n) is 3.00. The lowest BCUT2D eigenvalue weighted by atomic mass is 10.2. The van der Waals surface area contributed by atoms with Gasteiger partial charge in [-0.1, -0.05) is 0 Å². The van der Waals surface area contributed by atoms with E-state index in [0.29, 0.717) is 10.2 Å². The lowest BCUT2D eigenvalue weighted by Crippen LogP contribution is -2.11. The number of carbonyl (C=O) groups excluding carboxylic acids is 1. The third kappa shape index (κ3) is 2.54. The van der Waals surface area contributed by atoms with E-state index in [-0.39, 0.29) is 22.5 Å². The summed E-state index contributed by atoms with van der Waals surface area (Å²) in [6.07, 6.45) is 1.36. The number of carboxylic acid groups (broad SMARTS) is 1. The number of carbonyl (C=O) groups is 2. The smallest absolute Gasteiger partial charge is 0.357 e. The van der Waals surface area contributed by atoms with Gasteiger partial charge in [-0.05, 0) is 34.1 Å². The predicted octanol–water partition coefficient (Wildman–Crippen LogP) is 2.18. The molecule has 0 bridgehead atoms. The first-order valence-corrected chi connectivity index (χ1v) is 6.72. The molecule has 0 spiro atoms. The molecule has 8 heteroatoms. The Kier molecular flexibility index (Phi) is 4.19. The Morgan fingerprint density at radius 1 is 1.45 bits per heavy atom. The largest absolute Gasteiger partial charge is 0.478 e. The molecule has 0 amide bonds. The number of esters is 1. The van der Waals surface area contributed by atoms with Gasteiger partial charge in [0.25, 0.3) is 0 Å². The van der Waals surface area contributed by atoms with Crippen molar-refractivity contribution in [2.75, 3.05) is 12.8 Å². The van der Waals surface area contributed by atoms with E-state index in [4.69, 9.17) is 16.1 Å². The van der Waals surface area contributed by atoms with Gasteiger partial charge in [-0.2, -0.15) is 5.26 Å². The Morgan fingerprint density at radius 3 is 2.68 bits per heavy atom. The second-order valence-corrected chi connectivity index (χ2v) is 5.10. The highest BCUT2D eigenvalue weighted by molar-refractivity contribution is 9.10. The molecule has 0 fully saturated rings. The highest BCUT2D eigenvalue weighted by Crippen LogP contribution is 2.27. The molecule has 2 rings (SSSR count). The fourth-order valence-electron chi connectivity index (χ4n) is 1.95. The minimum absolute atomic E-state index is 0.0131. The van der Waals surface area contributed by atoms with Crippen molar-refractivity contribution in [3.8, 4) is 11.8 Å². The summed E-state index contributed by atoms with van der Waals surface area (Å²) >= 11 is 3.14. The first kappa shape index (κ1) is 15.6. The van der Waals surface area contributed by atoms with Gasteiger partial charge in [0.05, 0.1) is 23.9 Å². The van der Waals surface area contributed by atoms with Gasteiger partial charge in [0.1, 0.15) is 6.07 Å². The topological polar surface area (TPSA) is 118 Å². The van der Waals surface area contributed by atoms with Crippen LogP contribution in [-0.4, -0.2) is 28.7 Å². The summed E-state index contributed by atoms with van der Waals surface area (Å²) in [5.41, 5.74) is 6.22. The molecular weight excluding hydrogens is 354 g/mol. The molecule has 0 saturated carbocycles. The van der Waals surface area contributed by atoms with Crippen LogP contribution in [0.3, 0.4) is 0 Å². The highest BCUT2D eigenvalue weighted by atomic mass is 79.9. The summed E-state index contributed by atoms with van der Waals surface area (Å²) in [4.78, 5) is 23.1. The van der Waals surface area contributed by atoms with Crippen molar-refractivity contribution in [3.63, 3.8) is 0 Å². The molecule has 0 radical (unpaired) electrons. The molecule has 112 valence electrons. The second-order valence-electron chi connectivity index (χ2n) is 4.25. The molecular formula is C14H10BrN3O4. The lowest BCUT2D eigenvalue weighted by Gasteiger charge is -2.10. The van der Waals surface area contributed by atoms with E-state index in [1.54, 1.807) is 6.07 Å². The zero-order valence-electron chi connectivity index (χ0n) is 11.3. The Bertz CT molecular complexity index is 820. The highest BCUT2D eigenvalue weighted by Gasteiger charge is 2.22. The van der Waals surface area contributed by atoms with Crippen LogP contribution >= 0.6 is 15.9 Å². The molecule has 2 aromatic rings. The normalized spacial score (nSPS) is 10.0. The molecule has 0 saturated heterocycles. The third-order valence-corrected chi connectivity index (χ3v) is 3.69. The summed E-state index contributed by atoms with van der Waals surface area (Å²) in [7, 11) is 1.19. The minimum atomic E-state index is -1.13. The number of nitrogens with zero attached hydrogens (tertiary/aromatic N) is 2. The lowest BCUT2D eigenvalue weighted by molar-refractivity contribution is 0.0592. The van der Waals surface area contributed by atoms with E-state index >= 15 is 0 Å². The van der Waals surface area contributed by atoms with Gasteiger partial charge in [0, 0.05) is 16.4 Å². The van der Waals surface area contributed by atoms with Gasteiger partial charge in [-0.25, -0.2) is 9.59 Å². The van der Waals surface area contributed by atoms with Crippen molar-refractivity contribution in [1.82, 2.24) is 4.57 Å². The monoisotopic (exact) mass is 363 g/mol. The van der Waals surface area contributed by atoms with Crippen molar-refractivity contribution in [2.24, 2.45) is 0 Å². The number of ether oxygens (including phenoxy) is 1. The number of hydrogen-bond acceptors (Lipinski definition) is 5. The molecule has 1 aromatic carbocycles. The Hall–Kier alpha value is -2.79. The number of aromatic carboxylic acids is 1. The maximum Gasteiger partial charge on any atom is 0.357 e. The molecule has 0 unspecified atom stereocenters. The number of nitrogens with two attached hydrogens (primary N) is 1. The van der Waals surface area contributed by atoms with Gasteiger partial charge in [-0.15, -0.1) is 0 Å². The number of nitrogen functional groups attached to an aromatic ring is 1. The number of anilines is 1. The van der Waals surface area contributed by atoms with E-state index in [9.17, 15) is 9.59 Å². The summed E-state index contributed by atoms with van der Waals surface area (Å²) < 4.78 is 6.39. The Morgan fingerprint density at radius 2 is 2.14 bits per heavy atom. The number of nitriles is 1. The molecule has 0 aliphatic rings. The minimum Gasteiger partial charge on any atom is -0.478 e. The van der Waals surface area contributed by atoms with E-state index < -0.39 is 11.9 Å². The van der Waals surface area contributed by atoms with E-state index in [1.165, 1.54) is 30.0 Å². The summed E-state index contributed by atoms with van der Waals surface area (Å²) in [5, 5.41) is 18.2. The number of benzene rings is 1. The summed E-state index contributed by atoms with van der Waals surface area (Å²) in [5.74, 6) is -1.85. The van der Waals surface area contributed by atoms with Crippen molar-refractivity contribution in [3.05, 3.63) is 45.7 Å². The van der Waals surface area contributed by atoms with Crippen molar-refractivity contribution in [2.45, 2.75) is 0 Å². The van der Waals surface area contributed by atoms with Crippen LogP contribution in [0.1, 0.15) is 26.4 Å². The summed E-state index contributed by atoms with van der Waals surface area (Å²) in [6.45, 7) is 0. The molecule has 1 aromatic heterocycles. The molecule has 3 N–H and O–H groups in total. The zero-order chi connectivity index (χ0) is 16.4. The molecule has 0 aliphatic heterocycles. The van der Waals surface area contributed by atoms with Crippen LogP contribution in [0.4, 0.5) is 5.69 Å². The molecule has 1 heterocycles. The fourth-order valence-corrected chi connectivity index (χ4v) is 2.36. The average Bonchev–Trinajstić information content (AvgIpc) is 2.83. The van der Waals surface area contributed by atoms with Crippen LogP contribution in [0, 0.1) is 11.3 Å². The van der Waals surface area contributed by atoms with Crippen LogP contribution in [0.2, 0.25) is 0 Å². The number of rotatable bonds is 3. The van der Waals surface area contributed by atoms with Gasteiger partial charge in [0.2, 0.25) is 0 Å². The van der Waals surface area contributed by atoms with E-state index in [0.717, 1.165) is 0 Å². The SMILES string of the molecule is COC(=O)c1c(N)c(C#N)cn1-c1ccc(Br)c(C(=O)O)c1. The number of halogens is 1. The molecule has 0 aliphatic carbocycles. The van der Waals surface area contributed by atoms with Crippen LogP contribution in [0.15, 0.2) is 28.9 Å². The number of hydrogen-bond donors (Lipinski definition) is 2. The number of methoxy groups -OCH3 is 1. The summed E-state index contributed by atoms with van der Waals surface area (Å²) in [6, 6.07) is 6.35. The Labute approximate surface area is 133 Å². The molecule has 7 nitrogen and oxygen atoms in total. The maximum absolute atomic E-state index is 11.9. The first-order chi connectivity index (χ1) is 10.4. The number of carboxylic acids is 1. The quantitative estimate of drug-likeness (QED) is 0.806. The second kappa shape index (κ2) is 5.91. The van der Waals surface area contributed by atoms with Crippen LogP contribution in [0.25, 0.3) is 5.69 Å². The van der Waals surface area contributed by atoms with Gasteiger partial charge in [0.15, 0.2) is 5.69 Å². The Balaban J connectivity index is 2.73. The van der Waals surface area contributed by atoms with Gasteiger partial charge < -0.3 is 20.1 Å². The van der Waals surface area contributed by atoms with Crippen LogP contribution in [0.5, 0.6) is 0 Å². The van der Waals surface area contributed by atoms with E-state index in [1.807, 2.05) is 6.07 Å².